The molecule has 0 radical (unpaired) electrons. The summed E-state index contributed by atoms with van der Waals surface area (Å²) in [6, 6.07) is 1.95. The zero-order valence-electron chi connectivity index (χ0n) is 8.79. The molecule has 0 fully saturated rings. The van der Waals surface area contributed by atoms with E-state index in [4.69, 9.17) is 10.00 Å². The van der Waals surface area contributed by atoms with Gasteiger partial charge in [0.1, 0.15) is 6.61 Å². The first-order chi connectivity index (χ1) is 7.33. The number of hydrogen-bond donors (Lipinski definition) is 1. The Hall–Kier alpha value is -1.38. The first-order valence-corrected chi connectivity index (χ1v) is 5.02. The molecule has 0 amide bonds. The van der Waals surface area contributed by atoms with Crippen LogP contribution in [0.2, 0.25) is 0 Å². The molecular weight excluding hydrogens is 192 g/mol. The number of rotatable bonds is 3. The largest absolute Gasteiger partial charge is 0.360 e. The van der Waals surface area contributed by atoms with Crippen molar-refractivity contribution in [1.82, 2.24) is 15.1 Å². The van der Waals surface area contributed by atoms with Crippen LogP contribution in [0.3, 0.4) is 0 Å². The van der Waals surface area contributed by atoms with Crippen molar-refractivity contribution in [3.8, 4) is 6.07 Å². The molecule has 0 bridgehead atoms. The molecule has 0 atom stereocenters. The van der Waals surface area contributed by atoms with Gasteiger partial charge < -0.3 is 10.1 Å². The minimum atomic E-state index is 0.124. The van der Waals surface area contributed by atoms with Crippen LogP contribution in [0.1, 0.15) is 17.0 Å². The monoisotopic (exact) mass is 206 g/mol. The molecule has 1 aliphatic rings. The Morgan fingerprint density at radius 2 is 2.53 bits per heavy atom. The minimum absolute atomic E-state index is 0.124. The lowest BCUT2D eigenvalue weighted by Gasteiger charge is -2.14. The maximum absolute atomic E-state index is 8.37. The van der Waals surface area contributed by atoms with Gasteiger partial charge in [0.2, 0.25) is 0 Å². The van der Waals surface area contributed by atoms with E-state index in [-0.39, 0.29) is 6.61 Å². The Balaban J connectivity index is 2.14. The summed E-state index contributed by atoms with van der Waals surface area (Å²) < 4.78 is 7.10. The second-order valence-electron chi connectivity index (χ2n) is 3.57. The zero-order chi connectivity index (χ0) is 10.7. The van der Waals surface area contributed by atoms with Gasteiger partial charge in [-0.1, -0.05) is 0 Å². The van der Waals surface area contributed by atoms with Crippen molar-refractivity contribution in [2.45, 2.75) is 19.6 Å². The molecule has 1 aromatic heterocycles. The van der Waals surface area contributed by atoms with Crippen molar-refractivity contribution in [1.29, 1.82) is 5.26 Å². The Kier molecular flexibility index (Phi) is 2.99. The van der Waals surface area contributed by atoms with Crippen molar-refractivity contribution >= 4 is 0 Å². The van der Waals surface area contributed by atoms with Crippen molar-refractivity contribution in [2.75, 3.05) is 13.2 Å². The van der Waals surface area contributed by atoms with Crippen LogP contribution >= 0.6 is 0 Å². The Labute approximate surface area is 88.6 Å². The van der Waals surface area contributed by atoms with Crippen LogP contribution in [-0.4, -0.2) is 22.9 Å². The highest BCUT2D eigenvalue weighted by atomic mass is 16.5. The van der Waals surface area contributed by atoms with Gasteiger partial charge in [0, 0.05) is 37.8 Å². The van der Waals surface area contributed by atoms with Gasteiger partial charge in [-0.15, -0.1) is 0 Å². The summed E-state index contributed by atoms with van der Waals surface area (Å²) >= 11 is 0. The highest BCUT2D eigenvalue weighted by Gasteiger charge is 2.18. The molecule has 80 valence electrons. The lowest BCUT2D eigenvalue weighted by Crippen LogP contribution is -2.24. The zero-order valence-corrected chi connectivity index (χ0v) is 8.79. The number of nitriles is 1. The lowest BCUT2D eigenvalue weighted by atomic mass is 10.1. The number of aromatic nitrogens is 2. The first-order valence-electron chi connectivity index (χ1n) is 5.02. The number of aryl methyl sites for hydroxylation is 1. The average molecular weight is 206 g/mol. The van der Waals surface area contributed by atoms with Crippen LogP contribution in [0.5, 0.6) is 0 Å². The number of nitrogens with one attached hydrogen (secondary N) is 1. The molecule has 1 aliphatic heterocycles. The van der Waals surface area contributed by atoms with E-state index in [0.29, 0.717) is 6.61 Å². The van der Waals surface area contributed by atoms with E-state index < -0.39 is 0 Å². The molecule has 2 rings (SSSR count). The van der Waals surface area contributed by atoms with Crippen LogP contribution in [0, 0.1) is 11.3 Å². The summed E-state index contributed by atoms with van der Waals surface area (Å²) in [7, 11) is 1.96. The maximum Gasteiger partial charge on any atom is 0.134 e. The third-order valence-corrected chi connectivity index (χ3v) is 2.60. The standard InChI is InChI=1S/C10H14N4O/c1-14-10-2-4-12-6-8(10)9(13-14)7-15-5-3-11/h12H,2,4-7H2,1H3. The molecule has 5 heteroatoms. The summed E-state index contributed by atoms with van der Waals surface area (Å²) in [5.41, 5.74) is 3.47. The van der Waals surface area contributed by atoms with Crippen LogP contribution in [0.25, 0.3) is 0 Å². The van der Waals surface area contributed by atoms with Gasteiger partial charge in [0.25, 0.3) is 0 Å². The molecule has 0 aromatic carbocycles. The number of hydrogen-bond acceptors (Lipinski definition) is 4. The van der Waals surface area contributed by atoms with Crippen LogP contribution in [-0.2, 0) is 31.4 Å². The Bertz CT molecular complexity index is 391. The van der Waals surface area contributed by atoms with E-state index in [9.17, 15) is 0 Å². The number of fused-ring (bicyclic) bond motifs is 1. The molecule has 5 nitrogen and oxygen atoms in total. The van der Waals surface area contributed by atoms with E-state index >= 15 is 0 Å². The molecule has 2 heterocycles. The Morgan fingerprint density at radius 3 is 3.33 bits per heavy atom. The number of ether oxygens (including phenoxy) is 1. The van der Waals surface area contributed by atoms with Crippen molar-refractivity contribution in [2.24, 2.45) is 7.05 Å². The second-order valence-corrected chi connectivity index (χ2v) is 3.57. The van der Waals surface area contributed by atoms with E-state index in [0.717, 1.165) is 25.2 Å². The molecular formula is C10H14N4O. The van der Waals surface area contributed by atoms with E-state index in [1.807, 2.05) is 17.8 Å². The normalized spacial score (nSPS) is 14.7. The quantitative estimate of drug-likeness (QED) is 0.713. The summed E-state index contributed by atoms with van der Waals surface area (Å²) in [5.74, 6) is 0. The number of nitrogens with zero attached hydrogens (tertiary/aromatic N) is 3. The van der Waals surface area contributed by atoms with Gasteiger partial charge in [-0.25, -0.2) is 0 Å². The highest BCUT2D eigenvalue weighted by molar-refractivity contribution is 5.28. The molecule has 1 N–H and O–H groups in total. The first kappa shape index (κ1) is 10.1. The molecule has 0 saturated heterocycles. The fraction of sp³-hybridized carbons (Fsp3) is 0.600. The van der Waals surface area contributed by atoms with Crippen LogP contribution < -0.4 is 5.32 Å². The summed E-state index contributed by atoms with van der Waals surface area (Å²) in [6.45, 7) is 2.41. The van der Waals surface area contributed by atoms with Gasteiger partial charge in [-0.2, -0.15) is 10.4 Å². The topological polar surface area (TPSA) is 62.9 Å². The predicted molar refractivity (Wildman–Crippen MR) is 53.9 cm³/mol. The smallest absolute Gasteiger partial charge is 0.134 e. The molecule has 0 spiro atoms. The summed E-state index contributed by atoms with van der Waals surface area (Å²) in [5, 5.41) is 16.1. The van der Waals surface area contributed by atoms with E-state index in [1.165, 1.54) is 11.3 Å². The molecule has 0 aliphatic carbocycles. The van der Waals surface area contributed by atoms with E-state index in [2.05, 4.69) is 10.4 Å². The summed E-state index contributed by atoms with van der Waals surface area (Å²) in [6.07, 6.45) is 1.01. The summed E-state index contributed by atoms with van der Waals surface area (Å²) in [4.78, 5) is 0. The van der Waals surface area contributed by atoms with Crippen LogP contribution in [0.4, 0.5) is 0 Å². The maximum atomic E-state index is 8.37. The Morgan fingerprint density at radius 1 is 1.67 bits per heavy atom. The van der Waals surface area contributed by atoms with Crippen LogP contribution in [0.15, 0.2) is 0 Å². The minimum Gasteiger partial charge on any atom is -0.360 e. The van der Waals surface area contributed by atoms with Gasteiger partial charge in [0.05, 0.1) is 18.4 Å². The molecule has 0 saturated carbocycles. The molecule has 15 heavy (non-hydrogen) atoms. The van der Waals surface area contributed by atoms with Gasteiger partial charge in [-0.3, -0.25) is 4.68 Å². The lowest BCUT2D eigenvalue weighted by molar-refractivity contribution is 0.148. The predicted octanol–water partition coefficient (Wildman–Crippen LogP) is 0.106. The van der Waals surface area contributed by atoms with Crippen molar-refractivity contribution in [3.63, 3.8) is 0 Å². The highest BCUT2D eigenvalue weighted by Crippen LogP contribution is 2.17. The second kappa shape index (κ2) is 4.43. The van der Waals surface area contributed by atoms with Crippen molar-refractivity contribution in [3.05, 3.63) is 17.0 Å². The average Bonchev–Trinajstić information content (AvgIpc) is 2.58. The SMILES string of the molecule is Cn1nc(COCC#N)c2c1CCNC2. The van der Waals surface area contributed by atoms with E-state index in [1.54, 1.807) is 0 Å². The van der Waals surface area contributed by atoms with Gasteiger partial charge >= 0.3 is 0 Å². The third-order valence-electron chi connectivity index (χ3n) is 2.60. The molecule has 1 aromatic rings. The van der Waals surface area contributed by atoms with Gasteiger partial charge in [-0.05, 0) is 0 Å². The third kappa shape index (κ3) is 2.01. The molecule has 0 unspecified atom stereocenters. The van der Waals surface area contributed by atoms with Gasteiger partial charge in [0.15, 0.2) is 0 Å². The van der Waals surface area contributed by atoms with Crippen molar-refractivity contribution < 1.29 is 4.74 Å². The fourth-order valence-corrected chi connectivity index (χ4v) is 1.91. The fourth-order valence-electron chi connectivity index (χ4n) is 1.91.